The molecule has 10 nitrogen and oxygen atoms in total. The van der Waals surface area contributed by atoms with Gasteiger partial charge >= 0.3 is 5.69 Å². The Hall–Kier alpha value is -3.47. The fourth-order valence-corrected chi connectivity index (χ4v) is 3.88. The summed E-state index contributed by atoms with van der Waals surface area (Å²) in [5, 5.41) is 3.99. The average Bonchev–Trinajstić information content (AvgIpc) is 3.42. The molecule has 180 valence electrons. The van der Waals surface area contributed by atoms with Crippen molar-refractivity contribution in [2.45, 2.75) is 52.1 Å². The van der Waals surface area contributed by atoms with Gasteiger partial charge in [-0.25, -0.2) is 9.18 Å². The fraction of sp³-hybridized carbons (Fsp3) is 0.409. The molecule has 0 aliphatic heterocycles. The molecule has 3 heterocycles. The quantitative estimate of drug-likeness (QED) is 0.339. The Kier molecular flexibility index (Phi) is 7.11. The molecule has 0 saturated heterocycles. The Morgan fingerprint density at radius 2 is 1.97 bits per heavy atom. The summed E-state index contributed by atoms with van der Waals surface area (Å²) in [5.41, 5.74) is 0.242. The number of rotatable bonds is 10. The topological polar surface area (TPSA) is 121 Å². The molecule has 1 aromatic carbocycles. The number of hydrogen-bond acceptors (Lipinski definition) is 7. The molecule has 12 heteroatoms. The number of aromatic amines is 1. The summed E-state index contributed by atoms with van der Waals surface area (Å²) >= 11 is 5.95. The van der Waals surface area contributed by atoms with Gasteiger partial charge in [0.2, 0.25) is 11.2 Å². The molecular weight excluding hydrogens is 467 g/mol. The SMILES string of the molecule is CCCCn1c(=O)n(CCCc2nc(Cc3ccc(OC)c(F)c3)no2)c(=O)c2[nH]c(Cl)nc21. The van der Waals surface area contributed by atoms with Crippen molar-refractivity contribution in [1.82, 2.24) is 29.2 Å². The zero-order valence-corrected chi connectivity index (χ0v) is 19.6. The third kappa shape index (κ3) is 4.89. The van der Waals surface area contributed by atoms with Gasteiger partial charge in [0.1, 0.15) is 0 Å². The molecule has 4 rings (SSSR count). The minimum Gasteiger partial charge on any atom is -0.494 e. The molecule has 0 bridgehead atoms. The van der Waals surface area contributed by atoms with E-state index in [2.05, 4.69) is 20.1 Å². The smallest absolute Gasteiger partial charge is 0.332 e. The van der Waals surface area contributed by atoms with Crippen LogP contribution in [0.3, 0.4) is 0 Å². The number of fused-ring (bicyclic) bond motifs is 1. The number of unbranched alkanes of at least 4 members (excludes halogenated alkanes) is 1. The van der Waals surface area contributed by atoms with Crippen LogP contribution in [0.1, 0.15) is 43.5 Å². The monoisotopic (exact) mass is 490 g/mol. The van der Waals surface area contributed by atoms with Crippen molar-refractivity contribution in [3.05, 3.63) is 67.4 Å². The molecule has 0 unspecified atom stereocenters. The van der Waals surface area contributed by atoms with Gasteiger partial charge in [-0.3, -0.25) is 13.9 Å². The van der Waals surface area contributed by atoms with E-state index in [1.165, 1.54) is 22.3 Å². The number of methoxy groups -OCH3 is 1. The van der Waals surface area contributed by atoms with E-state index in [1.807, 2.05) is 6.92 Å². The van der Waals surface area contributed by atoms with E-state index in [1.54, 1.807) is 12.1 Å². The third-order valence-electron chi connectivity index (χ3n) is 5.43. The van der Waals surface area contributed by atoms with E-state index in [0.29, 0.717) is 43.1 Å². The third-order valence-corrected chi connectivity index (χ3v) is 5.61. The van der Waals surface area contributed by atoms with E-state index in [9.17, 15) is 14.0 Å². The number of ether oxygens (including phenoxy) is 1. The largest absolute Gasteiger partial charge is 0.494 e. The summed E-state index contributed by atoms with van der Waals surface area (Å²) < 4.78 is 26.7. The van der Waals surface area contributed by atoms with E-state index < -0.39 is 17.1 Å². The van der Waals surface area contributed by atoms with Crippen LogP contribution in [-0.2, 0) is 25.9 Å². The molecule has 0 aliphatic rings. The molecule has 34 heavy (non-hydrogen) atoms. The second kappa shape index (κ2) is 10.2. The van der Waals surface area contributed by atoms with Crippen LogP contribution in [0.2, 0.25) is 5.28 Å². The Balaban J connectivity index is 1.46. The number of benzene rings is 1. The number of aryl methyl sites for hydroxylation is 2. The van der Waals surface area contributed by atoms with Gasteiger partial charge in [0.15, 0.2) is 28.6 Å². The first kappa shape index (κ1) is 23.7. The van der Waals surface area contributed by atoms with E-state index in [0.717, 1.165) is 12.8 Å². The Morgan fingerprint density at radius 3 is 2.71 bits per heavy atom. The van der Waals surface area contributed by atoms with Crippen LogP contribution in [0, 0.1) is 5.82 Å². The van der Waals surface area contributed by atoms with Crippen molar-refractivity contribution < 1.29 is 13.7 Å². The van der Waals surface area contributed by atoms with Gasteiger partial charge in [0, 0.05) is 25.9 Å². The summed E-state index contributed by atoms with van der Waals surface area (Å²) in [4.78, 5) is 37.0. The molecule has 0 atom stereocenters. The molecule has 0 saturated carbocycles. The normalized spacial score (nSPS) is 11.4. The van der Waals surface area contributed by atoms with Crippen LogP contribution >= 0.6 is 11.6 Å². The Bertz CT molecular complexity index is 1420. The second-order valence-corrected chi connectivity index (χ2v) is 8.18. The predicted molar refractivity (Wildman–Crippen MR) is 123 cm³/mol. The maximum absolute atomic E-state index is 13.9. The molecule has 4 aromatic rings. The van der Waals surface area contributed by atoms with Gasteiger partial charge in [0.25, 0.3) is 5.56 Å². The molecule has 0 radical (unpaired) electrons. The second-order valence-electron chi connectivity index (χ2n) is 7.82. The first-order valence-corrected chi connectivity index (χ1v) is 11.3. The maximum Gasteiger partial charge on any atom is 0.332 e. The summed E-state index contributed by atoms with van der Waals surface area (Å²) in [5.74, 6) is 0.479. The van der Waals surface area contributed by atoms with Gasteiger partial charge in [-0.2, -0.15) is 9.97 Å². The maximum atomic E-state index is 13.9. The van der Waals surface area contributed by atoms with Crippen molar-refractivity contribution in [2.75, 3.05) is 7.11 Å². The first-order valence-electron chi connectivity index (χ1n) is 10.9. The molecule has 3 aromatic heterocycles. The van der Waals surface area contributed by atoms with E-state index in [-0.39, 0.29) is 28.7 Å². The number of nitrogens with zero attached hydrogens (tertiary/aromatic N) is 5. The van der Waals surface area contributed by atoms with Gasteiger partial charge in [-0.1, -0.05) is 24.6 Å². The highest BCUT2D eigenvalue weighted by molar-refractivity contribution is 6.28. The van der Waals surface area contributed by atoms with Crippen LogP contribution in [-0.4, -0.2) is 36.4 Å². The van der Waals surface area contributed by atoms with Gasteiger partial charge in [0.05, 0.1) is 7.11 Å². The van der Waals surface area contributed by atoms with Gasteiger partial charge in [-0.05, 0) is 42.1 Å². The summed E-state index contributed by atoms with van der Waals surface area (Å²) in [7, 11) is 1.40. The van der Waals surface area contributed by atoms with Crippen LogP contribution in [0.25, 0.3) is 11.2 Å². The minimum absolute atomic E-state index is 0.0598. The summed E-state index contributed by atoms with van der Waals surface area (Å²) in [6, 6.07) is 4.63. The van der Waals surface area contributed by atoms with Crippen molar-refractivity contribution in [2.24, 2.45) is 0 Å². The zero-order chi connectivity index (χ0) is 24.2. The van der Waals surface area contributed by atoms with Crippen molar-refractivity contribution in [3.63, 3.8) is 0 Å². The molecular formula is C22H24ClFN6O4. The highest BCUT2D eigenvalue weighted by atomic mass is 35.5. The van der Waals surface area contributed by atoms with Crippen molar-refractivity contribution in [1.29, 1.82) is 0 Å². The molecule has 0 amide bonds. The first-order chi connectivity index (χ1) is 16.4. The minimum atomic E-state index is -0.472. The van der Waals surface area contributed by atoms with Crippen LogP contribution in [0.5, 0.6) is 5.75 Å². The van der Waals surface area contributed by atoms with E-state index >= 15 is 0 Å². The Morgan fingerprint density at radius 1 is 1.18 bits per heavy atom. The number of imidazole rings is 1. The summed E-state index contributed by atoms with van der Waals surface area (Å²) in [6.07, 6.45) is 2.74. The van der Waals surface area contributed by atoms with Crippen LogP contribution < -0.4 is 16.0 Å². The highest BCUT2D eigenvalue weighted by Gasteiger charge is 2.17. The lowest BCUT2D eigenvalue weighted by molar-refractivity contribution is 0.367. The lowest BCUT2D eigenvalue weighted by atomic mass is 10.1. The molecule has 0 fully saturated rings. The molecule has 0 spiro atoms. The Labute approximate surface area is 198 Å². The lowest BCUT2D eigenvalue weighted by Gasteiger charge is -2.10. The number of H-pyrrole nitrogens is 1. The number of halogens is 2. The number of aromatic nitrogens is 6. The fourth-order valence-electron chi connectivity index (χ4n) is 3.71. The van der Waals surface area contributed by atoms with Crippen LogP contribution in [0.15, 0.2) is 32.3 Å². The van der Waals surface area contributed by atoms with Gasteiger partial charge in [-0.15, -0.1) is 0 Å². The van der Waals surface area contributed by atoms with E-state index in [4.69, 9.17) is 20.9 Å². The average molecular weight is 491 g/mol. The lowest BCUT2D eigenvalue weighted by Crippen LogP contribution is -2.40. The van der Waals surface area contributed by atoms with Crippen molar-refractivity contribution >= 4 is 22.8 Å². The zero-order valence-electron chi connectivity index (χ0n) is 18.8. The number of hydrogen-bond donors (Lipinski definition) is 1. The highest BCUT2D eigenvalue weighted by Crippen LogP contribution is 2.19. The van der Waals surface area contributed by atoms with Gasteiger partial charge < -0.3 is 14.2 Å². The predicted octanol–water partition coefficient (Wildman–Crippen LogP) is 3.09. The molecule has 1 N–H and O–H groups in total. The van der Waals surface area contributed by atoms with Crippen LogP contribution in [0.4, 0.5) is 4.39 Å². The van der Waals surface area contributed by atoms with Crippen molar-refractivity contribution in [3.8, 4) is 5.75 Å². The molecule has 0 aliphatic carbocycles. The standard InChI is InChI=1S/C22H24ClFN6O4/c1-3-4-9-29-19-18(26-21(23)27-19)20(31)30(22(29)32)10-5-6-17-25-16(28-34-17)12-13-7-8-15(33-2)14(24)11-13/h7-8,11H,3-6,9-10,12H2,1-2H3,(H,26,27). The summed E-state index contributed by atoms with van der Waals surface area (Å²) in [6.45, 7) is 2.61. The number of nitrogens with one attached hydrogen (secondary N) is 1.